The lowest BCUT2D eigenvalue weighted by Gasteiger charge is -2.12. The molecule has 5 nitrogen and oxygen atoms in total. The van der Waals surface area contributed by atoms with E-state index in [1.807, 2.05) is 11.6 Å². The fourth-order valence-corrected chi connectivity index (χ4v) is 3.42. The summed E-state index contributed by atoms with van der Waals surface area (Å²) in [6.07, 6.45) is 5.06. The topological polar surface area (TPSA) is 63.6 Å². The van der Waals surface area contributed by atoms with Crippen molar-refractivity contribution < 1.29 is 9.53 Å². The molecule has 1 aromatic heterocycles. The maximum absolute atomic E-state index is 11.5. The lowest BCUT2D eigenvalue weighted by Crippen LogP contribution is -2.07. The normalized spacial score (nSPS) is 11.1. The number of nitrogens with zero attached hydrogens (tertiary/aromatic N) is 2. The SMILES string of the molecule is CCOC(=O)Cc1csc(NN=Cc2c(CC)cc(CC)cc2CC)n1. The molecule has 0 bridgehead atoms. The first-order chi connectivity index (χ1) is 12.6. The first kappa shape index (κ1) is 20.1. The number of hydrogen-bond acceptors (Lipinski definition) is 6. The molecule has 0 aliphatic carbocycles. The van der Waals surface area contributed by atoms with Crippen LogP contribution in [0.3, 0.4) is 0 Å². The van der Waals surface area contributed by atoms with Gasteiger partial charge >= 0.3 is 5.97 Å². The Labute approximate surface area is 159 Å². The third-order valence-electron chi connectivity index (χ3n) is 4.12. The number of benzene rings is 1. The number of nitrogens with one attached hydrogen (secondary N) is 1. The molecule has 0 spiro atoms. The number of ether oxygens (including phenoxy) is 1. The average molecular weight is 374 g/mol. The van der Waals surface area contributed by atoms with E-state index < -0.39 is 0 Å². The van der Waals surface area contributed by atoms with Crippen molar-refractivity contribution >= 4 is 28.7 Å². The number of hydrazone groups is 1. The predicted octanol–water partition coefficient (Wildman–Crippen LogP) is 4.38. The highest BCUT2D eigenvalue weighted by atomic mass is 32.1. The third-order valence-corrected chi connectivity index (χ3v) is 4.91. The number of anilines is 1. The van der Waals surface area contributed by atoms with Crippen LogP contribution < -0.4 is 5.43 Å². The molecule has 0 saturated carbocycles. The van der Waals surface area contributed by atoms with Gasteiger partial charge in [-0.15, -0.1) is 11.3 Å². The molecular formula is C20H27N3O2S. The molecule has 0 fully saturated rings. The van der Waals surface area contributed by atoms with Crippen LogP contribution in [0.1, 0.15) is 55.6 Å². The van der Waals surface area contributed by atoms with E-state index in [0.29, 0.717) is 17.4 Å². The van der Waals surface area contributed by atoms with Crippen LogP contribution in [0.25, 0.3) is 0 Å². The van der Waals surface area contributed by atoms with Crippen molar-refractivity contribution in [3.05, 3.63) is 45.5 Å². The number of carbonyl (C=O) groups is 1. The molecule has 0 saturated heterocycles. The maximum atomic E-state index is 11.5. The van der Waals surface area contributed by atoms with Gasteiger partial charge in [0.2, 0.25) is 5.13 Å². The van der Waals surface area contributed by atoms with Crippen LogP contribution in [0.5, 0.6) is 0 Å². The van der Waals surface area contributed by atoms with Crippen LogP contribution in [0, 0.1) is 0 Å². The maximum Gasteiger partial charge on any atom is 0.311 e. The minimum atomic E-state index is -0.260. The summed E-state index contributed by atoms with van der Waals surface area (Å²) in [6.45, 7) is 8.69. The molecule has 0 amide bonds. The first-order valence-electron chi connectivity index (χ1n) is 9.14. The Kier molecular flexibility index (Phi) is 7.78. The summed E-state index contributed by atoms with van der Waals surface area (Å²) in [6, 6.07) is 4.53. The van der Waals surface area contributed by atoms with E-state index in [2.05, 4.69) is 48.4 Å². The number of carbonyl (C=O) groups excluding carboxylic acids is 1. The lowest BCUT2D eigenvalue weighted by atomic mass is 9.94. The van der Waals surface area contributed by atoms with Gasteiger partial charge in [-0.3, -0.25) is 10.2 Å². The second-order valence-corrected chi connectivity index (χ2v) is 6.74. The van der Waals surface area contributed by atoms with E-state index >= 15 is 0 Å². The molecule has 26 heavy (non-hydrogen) atoms. The number of esters is 1. The van der Waals surface area contributed by atoms with Crippen molar-refractivity contribution in [1.82, 2.24) is 4.98 Å². The highest BCUT2D eigenvalue weighted by Gasteiger charge is 2.09. The summed E-state index contributed by atoms with van der Waals surface area (Å²) >= 11 is 1.43. The minimum absolute atomic E-state index is 0.189. The van der Waals surface area contributed by atoms with E-state index in [4.69, 9.17) is 4.74 Å². The van der Waals surface area contributed by atoms with Crippen LogP contribution in [0.15, 0.2) is 22.6 Å². The van der Waals surface area contributed by atoms with Gasteiger partial charge in [-0.25, -0.2) is 4.98 Å². The van der Waals surface area contributed by atoms with Crippen LogP contribution in [-0.4, -0.2) is 23.8 Å². The largest absolute Gasteiger partial charge is 0.466 e. The Morgan fingerprint density at radius 2 is 1.88 bits per heavy atom. The molecule has 0 atom stereocenters. The number of thiazole rings is 1. The number of aryl methyl sites for hydroxylation is 3. The van der Waals surface area contributed by atoms with Crippen molar-refractivity contribution in [2.45, 2.75) is 53.4 Å². The van der Waals surface area contributed by atoms with Crippen LogP contribution >= 0.6 is 11.3 Å². The van der Waals surface area contributed by atoms with Gasteiger partial charge in [-0.2, -0.15) is 5.10 Å². The number of hydrogen-bond donors (Lipinski definition) is 1. The standard InChI is InChI=1S/C20H27N3O2S/c1-5-14-9-15(6-2)18(16(7-3)10-14)12-21-23-20-22-17(13-26-20)11-19(24)25-8-4/h9-10,12-13H,5-8,11H2,1-4H3,(H,22,23). The highest BCUT2D eigenvalue weighted by Crippen LogP contribution is 2.20. The average Bonchev–Trinajstić information content (AvgIpc) is 3.08. The fraction of sp³-hybridized carbons (Fsp3) is 0.450. The Balaban J connectivity index is 2.09. The Bertz CT molecular complexity index is 743. The molecule has 2 aromatic rings. The zero-order valence-corrected chi connectivity index (χ0v) is 16.8. The highest BCUT2D eigenvalue weighted by molar-refractivity contribution is 7.13. The van der Waals surface area contributed by atoms with Gasteiger partial charge in [0.05, 0.1) is 24.9 Å². The number of rotatable bonds is 9. The van der Waals surface area contributed by atoms with Crippen molar-refractivity contribution in [3.8, 4) is 0 Å². The van der Waals surface area contributed by atoms with Crippen molar-refractivity contribution in [1.29, 1.82) is 0 Å². The van der Waals surface area contributed by atoms with Crippen LogP contribution in [0.2, 0.25) is 0 Å². The molecule has 0 radical (unpaired) electrons. The quantitative estimate of drug-likeness (QED) is 0.402. The van der Waals surface area contributed by atoms with E-state index in [-0.39, 0.29) is 12.4 Å². The van der Waals surface area contributed by atoms with Gasteiger partial charge in [-0.1, -0.05) is 32.9 Å². The van der Waals surface area contributed by atoms with Crippen molar-refractivity contribution in [3.63, 3.8) is 0 Å². The van der Waals surface area contributed by atoms with E-state index in [1.165, 1.54) is 33.6 Å². The Hall–Kier alpha value is -2.21. The van der Waals surface area contributed by atoms with Gasteiger partial charge in [-0.05, 0) is 42.9 Å². The smallest absolute Gasteiger partial charge is 0.311 e. The monoisotopic (exact) mass is 373 g/mol. The zero-order valence-electron chi connectivity index (χ0n) is 16.0. The van der Waals surface area contributed by atoms with E-state index in [1.54, 1.807) is 6.92 Å². The molecular weight excluding hydrogens is 346 g/mol. The molecule has 0 aliphatic rings. The van der Waals surface area contributed by atoms with Crippen molar-refractivity contribution in [2.24, 2.45) is 5.10 Å². The molecule has 2 rings (SSSR count). The summed E-state index contributed by atoms with van der Waals surface area (Å²) in [4.78, 5) is 15.9. The van der Waals surface area contributed by atoms with Crippen molar-refractivity contribution in [2.75, 3.05) is 12.0 Å². The molecule has 1 heterocycles. The predicted molar refractivity (Wildman–Crippen MR) is 108 cm³/mol. The van der Waals surface area contributed by atoms with Gasteiger partial charge in [0, 0.05) is 10.9 Å². The Morgan fingerprint density at radius 1 is 1.19 bits per heavy atom. The van der Waals surface area contributed by atoms with Gasteiger partial charge in [0.1, 0.15) is 0 Å². The number of aromatic nitrogens is 1. The summed E-state index contributed by atoms with van der Waals surface area (Å²) in [7, 11) is 0. The minimum Gasteiger partial charge on any atom is -0.466 e. The van der Waals surface area contributed by atoms with Crippen LogP contribution in [0.4, 0.5) is 5.13 Å². The zero-order chi connectivity index (χ0) is 18.9. The second-order valence-electron chi connectivity index (χ2n) is 5.88. The third kappa shape index (κ3) is 5.39. The van der Waals surface area contributed by atoms with E-state index in [0.717, 1.165) is 19.3 Å². The van der Waals surface area contributed by atoms with Gasteiger partial charge in [0.15, 0.2) is 0 Å². The Morgan fingerprint density at radius 3 is 2.46 bits per heavy atom. The summed E-state index contributed by atoms with van der Waals surface area (Å²) in [5, 5.41) is 6.89. The van der Waals surface area contributed by atoms with E-state index in [9.17, 15) is 4.79 Å². The molecule has 1 aromatic carbocycles. The molecule has 1 N–H and O–H groups in total. The molecule has 140 valence electrons. The molecule has 0 unspecified atom stereocenters. The van der Waals surface area contributed by atoms with Gasteiger partial charge in [0.25, 0.3) is 0 Å². The van der Waals surface area contributed by atoms with Gasteiger partial charge < -0.3 is 4.74 Å². The summed E-state index contributed by atoms with van der Waals surface area (Å²) < 4.78 is 4.94. The van der Waals surface area contributed by atoms with Crippen LogP contribution in [-0.2, 0) is 35.2 Å². The first-order valence-corrected chi connectivity index (χ1v) is 10.0. The second kappa shape index (κ2) is 10.1. The summed E-state index contributed by atoms with van der Waals surface area (Å²) in [5.74, 6) is -0.260. The fourth-order valence-electron chi connectivity index (χ4n) is 2.76. The summed E-state index contributed by atoms with van der Waals surface area (Å²) in [5.41, 5.74) is 8.85. The molecule has 6 heteroatoms. The lowest BCUT2D eigenvalue weighted by molar-refractivity contribution is -0.142. The molecule has 0 aliphatic heterocycles.